The average molecular weight is 347 g/mol. The van der Waals surface area contributed by atoms with Gasteiger partial charge in [-0.3, -0.25) is 14.4 Å². The molecule has 2 aliphatic heterocycles. The smallest absolute Gasteiger partial charge is 0.248 e. The fourth-order valence-electron chi connectivity index (χ4n) is 3.33. The highest BCUT2D eigenvalue weighted by atomic mass is 32.1. The molecule has 2 aromatic rings. The predicted octanol–water partition coefficient (Wildman–Crippen LogP) is 1.06. The number of hydrogen-bond donors (Lipinski definition) is 0. The Bertz CT molecular complexity index is 722. The molecule has 2 aliphatic rings. The Labute approximate surface area is 144 Å². The summed E-state index contributed by atoms with van der Waals surface area (Å²) in [7, 11) is 0. The van der Waals surface area contributed by atoms with Gasteiger partial charge in [-0.25, -0.2) is 4.98 Å². The van der Waals surface area contributed by atoms with Crippen LogP contribution in [-0.2, 0) is 22.6 Å². The minimum atomic E-state index is -0.261. The van der Waals surface area contributed by atoms with E-state index in [4.69, 9.17) is 4.74 Å². The van der Waals surface area contributed by atoms with E-state index in [0.717, 1.165) is 29.5 Å². The Morgan fingerprint density at radius 2 is 2.25 bits per heavy atom. The van der Waals surface area contributed by atoms with E-state index in [2.05, 4.69) is 20.4 Å². The number of aryl methyl sites for hydroxylation is 1. The lowest BCUT2D eigenvalue weighted by Gasteiger charge is -2.36. The summed E-state index contributed by atoms with van der Waals surface area (Å²) in [5.41, 5.74) is 2.14. The first kappa shape index (κ1) is 15.7. The van der Waals surface area contributed by atoms with Crippen molar-refractivity contribution in [2.45, 2.75) is 26.1 Å². The monoisotopic (exact) mass is 347 g/mol. The summed E-state index contributed by atoms with van der Waals surface area (Å²) in [4.78, 5) is 21.7. The van der Waals surface area contributed by atoms with Crippen LogP contribution in [0.25, 0.3) is 0 Å². The number of morpholine rings is 1. The van der Waals surface area contributed by atoms with Gasteiger partial charge in [-0.2, -0.15) is 5.10 Å². The first-order valence-electron chi connectivity index (χ1n) is 8.23. The fraction of sp³-hybridized carbons (Fsp3) is 0.562. The Balaban J connectivity index is 1.53. The lowest BCUT2D eigenvalue weighted by Crippen LogP contribution is -2.49. The highest BCUT2D eigenvalue weighted by Crippen LogP contribution is 2.24. The summed E-state index contributed by atoms with van der Waals surface area (Å²) < 4.78 is 7.25. The third-order valence-electron chi connectivity index (χ3n) is 4.50. The number of amides is 1. The van der Waals surface area contributed by atoms with Gasteiger partial charge in [0.2, 0.25) is 5.91 Å². The SMILES string of the molecule is Cc1csc(CN2Cc3ccnn3[C@H](C(=O)N3CCOCC3)C2)n1. The van der Waals surface area contributed by atoms with Crippen LogP contribution in [0.3, 0.4) is 0 Å². The maximum Gasteiger partial charge on any atom is 0.248 e. The van der Waals surface area contributed by atoms with Crippen LogP contribution >= 0.6 is 11.3 Å². The molecule has 2 aromatic heterocycles. The van der Waals surface area contributed by atoms with E-state index in [0.29, 0.717) is 32.8 Å². The van der Waals surface area contributed by atoms with Crippen molar-refractivity contribution in [2.24, 2.45) is 0 Å². The molecular formula is C16H21N5O2S. The molecule has 1 saturated heterocycles. The maximum absolute atomic E-state index is 13.0. The lowest BCUT2D eigenvalue weighted by molar-refractivity contribution is -0.140. The summed E-state index contributed by atoms with van der Waals surface area (Å²) in [6, 6.07) is 1.74. The first-order valence-corrected chi connectivity index (χ1v) is 9.11. The normalized spacial score (nSPS) is 21.7. The molecule has 1 atom stereocenters. The van der Waals surface area contributed by atoms with Crippen LogP contribution < -0.4 is 0 Å². The molecule has 128 valence electrons. The van der Waals surface area contributed by atoms with Crippen molar-refractivity contribution in [3.63, 3.8) is 0 Å². The first-order chi connectivity index (χ1) is 11.7. The summed E-state index contributed by atoms with van der Waals surface area (Å²) in [5.74, 6) is 0.142. The molecule has 0 radical (unpaired) electrons. The number of fused-ring (bicyclic) bond motifs is 1. The molecule has 0 N–H and O–H groups in total. The summed E-state index contributed by atoms with van der Waals surface area (Å²) >= 11 is 1.68. The fourth-order valence-corrected chi connectivity index (χ4v) is 4.14. The van der Waals surface area contributed by atoms with Gasteiger partial charge < -0.3 is 9.64 Å². The number of hydrogen-bond acceptors (Lipinski definition) is 6. The molecule has 0 saturated carbocycles. The molecule has 0 aliphatic carbocycles. The van der Waals surface area contributed by atoms with Crippen LogP contribution in [0.15, 0.2) is 17.6 Å². The van der Waals surface area contributed by atoms with Crippen LogP contribution in [0, 0.1) is 6.92 Å². The molecular weight excluding hydrogens is 326 g/mol. The van der Waals surface area contributed by atoms with E-state index in [-0.39, 0.29) is 11.9 Å². The Morgan fingerprint density at radius 1 is 1.42 bits per heavy atom. The van der Waals surface area contributed by atoms with Crippen LogP contribution in [0.4, 0.5) is 0 Å². The molecule has 7 nitrogen and oxygen atoms in total. The summed E-state index contributed by atoms with van der Waals surface area (Å²) in [6.07, 6.45) is 1.78. The standard InChI is InChI=1S/C16H21N5O2S/c1-12-11-24-15(18-12)10-19-8-13-2-3-17-21(13)14(9-19)16(22)20-4-6-23-7-5-20/h2-3,11,14H,4-10H2,1H3/t14-/m0/s1. The van der Waals surface area contributed by atoms with Gasteiger partial charge in [-0.15, -0.1) is 11.3 Å². The highest BCUT2D eigenvalue weighted by Gasteiger charge is 2.34. The zero-order valence-electron chi connectivity index (χ0n) is 13.7. The van der Waals surface area contributed by atoms with Gasteiger partial charge in [-0.05, 0) is 13.0 Å². The molecule has 24 heavy (non-hydrogen) atoms. The lowest BCUT2D eigenvalue weighted by atomic mass is 10.1. The van der Waals surface area contributed by atoms with Gasteiger partial charge in [0.1, 0.15) is 11.0 Å². The zero-order chi connectivity index (χ0) is 16.5. The van der Waals surface area contributed by atoms with Gasteiger partial charge in [0, 0.05) is 43.4 Å². The second-order valence-corrected chi connectivity index (χ2v) is 7.22. The third-order valence-corrected chi connectivity index (χ3v) is 5.45. The summed E-state index contributed by atoms with van der Waals surface area (Å²) in [6.45, 7) is 6.82. The van der Waals surface area contributed by atoms with E-state index >= 15 is 0 Å². The number of rotatable bonds is 3. The molecule has 4 heterocycles. The van der Waals surface area contributed by atoms with Gasteiger partial charge in [0.15, 0.2) is 0 Å². The number of carbonyl (C=O) groups excluding carboxylic acids is 1. The molecule has 0 aromatic carbocycles. The van der Waals surface area contributed by atoms with Crippen molar-refractivity contribution in [1.82, 2.24) is 24.6 Å². The van der Waals surface area contributed by atoms with E-state index < -0.39 is 0 Å². The average Bonchev–Trinajstić information content (AvgIpc) is 3.23. The Kier molecular flexibility index (Phi) is 4.34. The molecule has 8 heteroatoms. The maximum atomic E-state index is 13.0. The Hall–Kier alpha value is -1.77. The van der Waals surface area contributed by atoms with E-state index in [1.54, 1.807) is 17.5 Å². The molecule has 0 unspecified atom stereocenters. The highest BCUT2D eigenvalue weighted by molar-refractivity contribution is 7.09. The van der Waals surface area contributed by atoms with Crippen molar-refractivity contribution in [2.75, 3.05) is 32.8 Å². The van der Waals surface area contributed by atoms with Gasteiger partial charge >= 0.3 is 0 Å². The quantitative estimate of drug-likeness (QED) is 0.831. The number of carbonyl (C=O) groups is 1. The van der Waals surface area contributed by atoms with E-state index in [9.17, 15) is 4.79 Å². The summed E-state index contributed by atoms with van der Waals surface area (Å²) in [5, 5.41) is 7.56. The van der Waals surface area contributed by atoms with Crippen LogP contribution in [0.2, 0.25) is 0 Å². The minimum absolute atomic E-state index is 0.142. The zero-order valence-corrected chi connectivity index (χ0v) is 14.5. The van der Waals surface area contributed by atoms with Crippen molar-refractivity contribution in [1.29, 1.82) is 0 Å². The van der Waals surface area contributed by atoms with Crippen molar-refractivity contribution >= 4 is 17.2 Å². The Morgan fingerprint density at radius 3 is 3.00 bits per heavy atom. The molecule has 1 fully saturated rings. The van der Waals surface area contributed by atoms with E-state index in [1.807, 2.05) is 22.6 Å². The van der Waals surface area contributed by atoms with Gasteiger partial charge in [0.25, 0.3) is 0 Å². The second-order valence-electron chi connectivity index (χ2n) is 6.27. The molecule has 0 bridgehead atoms. The van der Waals surface area contributed by atoms with Gasteiger partial charge in [0.05, 0.1) is 25.5 Å². The topological polar surface area (TPSA) is 63.5 Å². The van der Waals surface area contributed by atoms with Crippen LogP contribution in [0.1, 0.15) is 22.4 Å². The predicted molar refractivity (Wildman–Crippen MR) is 89.6 cm³/mol. The largest absolute Gasteiger partial charge is 0.378 e. The number of ether oxygens (including phenoxy) is 1. The van der Waals surface area contributed by atoms with Crippen molar-refractivity contribution in [3.8, 4) is 0 Å². The van der Waals surface area contributed by atoms with E-state index in [1.165, 1.54) is 0 Å². The van der Waals surface area contributed by atoms with Crippen molar-refractivity contribution in [3.05, 3.63) is 34.0 Å². The van der Waals surface area contributed by atoms with Gasteiger partial charge in [-0.1, -0.05) is 0 Å². The molecule has 1 amide bonds. The number of thiazole rings is 1. The number of aromatic nitrogens is 3. The number of nitrogens with zero attached hydrogens (tertiary/aromatic N) is 5. The van der Waals surface area contributed by atoms with Crippen LogP contribution in [0.5, 0.6) is 0 Å². The second kappa shape index (κ2) is 6.62. The van der Waals surface area contributed by atoms with Crippen LogP contribution in [-0.4, -0.2) is 63.3 Å². The molecule has 4 rings (SSSR count). The third kappa shape index (κ3) is 3.09. The van der Waals surface area contributed by atoms with Crippen molar-refractivity contribution < 1.29 is 9.53 Å². The molecule has 0 spiro atoms. The minimum Gasteiger partial charge on any atom is -0.378 e.